The molecule has 0 aliphatic heterocycles. The van der Waals surface area contributed by atoms with Crippen LogP contribution in [0.15, 0.2) is 83.8 Å². The summed E-state index contributed by atoms with van der Waals surface area (Å²) in [5, 5.41) is 11.6. The number of sulfonamides is 1. The fraction of sp³-hybridized carbons (Fsp3) is 0.0870. The van der Waals surface area contributed by atoms with Gasteiger partial charge < -0.3 is 5.32 Å². The molecule has 3 aromatic carbocycles. The summed E-state index contributed by atoms with van der Waals surface area (Å²) in [5.41, 5.74) is 6.51. The Bertz CT molecular complexity index is 1270. The molecule has 4 N–H and O–H groups in total. The number of nitriles is 1. The predicted octanol–water partition coefficient (Wildman–Crippen LogP) is 1.91. The van der Waals surface area contributed by atoms with Gasteiger partial charge >= 0.3 is 0 Å². The standard InChI is InChI=1S/C23H21N5O4S/c24-14-17-9-11-20(12-10-17)25-16-22(29)27-28-23(30)19-7-4-8-21(13-19)33(31,32)26-15-18-5-2-1-3-6-18/h1-13,25-26H,15-16H2,(H,27,29)(H,28,30). The number of benzene rings is 3. The van der Waals surface area contributed by atoms with Crippen LogP contribution < -0.4 is 20.9 Å². The molecule has 33 heavy (non-hydrogen) atoms. The molecule has 0 unspecified atom stereocenters. The maximum atomic E-state index is 12.6. The van der Waals surface area contributed by atoms with Gasteiger partial charge in [-0.3, -0.25) is 20.4 Å². The summed E-state index contributed by atoms with van der Waals surface area (Å²) >= 11 is 0. The molecule has 0 aliphatic rings. The van der Waals surface area contributed by atoms with Crippen LogP contribution >= 0.6 is 0 Å². The topological polar surface area (TPSA) is 140 Å². The Morgan fingerprint density at radius 3 is 2.30 bits per heavy atom. The molecular formula is C23H21N5O4S. The molecule has 9 nitrogen and oxygen atoms in total. The number of rotatable bonds is 8. The maximum Gasteiger partial charge on any atom is 0.269 e. The van der Waals surface area contributed by atoms with E-state index in [1.807, 2.05) is 24.3 Å². The van der Waals surface area contributed by atoms with Crippen molar-refractivity contribution in [2.24, 2.45) is 0 Å². The number of anilines is 1. The van der Waals surface area contributed by atoms with Gasteiger partial charge in [-0.25, -0.2) is 13.1 Å². The van der Waals surface area contributed by atoms with Crippen molar-refractivity contribution < 1.29 is 18.0 Å². The van der Waals surface area contributed by atoms with E-state index in [1.54, 1.807) is 36.4 Å². The van der Waals surface area contributed by atoms with Crippen molar-refractivity contribution >= 4 is 27.5 Å². The van der Waals surface area contributed by atoms with Gasteiger partial charge in [-0.05, 0) is 48.0 Å². The molecule has 3 rings (SSSR count). The number of amides is 2. The van der Waals surface area contributed by atoms with Crippen LogP contribution in [0.2, 0.25) is 0 Å². The molecule has 0 fully saturated rings. The first-order valence-electron chi connectivity index (χ1n) is 9.84. The van der Waals surface area contributed by atoms with Crippen molar-refractivity contribution in [2.45, 2.75) is 11.4 Å². The number of hydrazine groups is 1. The molecule has 2 amide bonds. The zero-order valence-electron chi connectivity index (χ0n) is 17.4. The van der Waals surface area contributed by atoms with Gasteiger partial charge in [0.25, 0.3) is 11.8 Å². The molecule has 0 radical (unpaired) electrons. The molecule has 0 aliphatic carbocycles. The molecule has 0 saturated heterocycles. The van der Waals surface area contributed by atoms with Crippen LogP contribution in [-0.4, -0.2) is 26.8 Å². The van der Waals surface area contributed by atoms with E-state index in [-0.39, 0.29) is 23.5 Å². The van der Waals surface area contributed by atoms with Gasteiger partial charge in [-0.1, -0.05) is 36.4 Å². The SMILES string of the molecule is N#Cc1ccc(NCC(=O)NNC(=O)c2cccc(S(=O)(=O)NCc3ccccc3)c2)cc1. The lowest BCUT2D eigenvalue weighted by atomic mass is 10.2. The maximum absolute atomic E-state index is 12.6. The Morgan fingerprint density at radius 2 is 1.61 bits per heavy atom. The lowest BCUT2D eigenvalue weighted by Crippen LogP contribution is -2.44. The molecule has 3 aromatic rings. The molecule has 0 saturated carbocycles. The summed E-state index contributed by atoms with van der Waals surface area (Å²) in [5.74, 6) is -1.18. The highest BCUT2D eigenvalue weighted by molar-refractivity contribution is 7.89. The van der Waals surface area contributed by atoms with Crippen LogP contribution in [0.4, 0.5) is 5.69 Å². The van der Waals surface area contributed by atoms with E-state index >= 15 is 0 Å². The van der Waals surface area contributed by atoms with Gasteiger partial charge in [0.1, 0.15) is 0 Å². The summed E-state index contributed by atoms with van der Waals surface area (Å²) in [6, 6.07) is 23.1. The third kappa shape index (κ3) is 6.90. The smallest absolute Gasteiger partial charge is 0.269 e. The van der Waals surface area contributed by atoms with Gasteiger partial charge in [-0.15, -0.1) is 0 Å². The highest BCUT2D eigenvalue weighted by atomic mass is 32.2. The highest BCUT2D eigenvalue weighted by Crippen LogP contribution is 2.12. The first-order valence-corrected chi connectivity index (χ1v) is 11.3. The van der Waals surface area contributed by atoms with E-state index in [9.17, 15) is 18.0 Å². The molecule has 168 valence electrons. The Balaban J connectivity index is 1.53. The molecule has 0 aromatic heterocycles. The minimum Gasteiger partial charge on any atom is -0.376 e. The normalized spacial score (nSPS) is 10.6. The quantitative estimate of drug-likeness (QED) is 0.376. The first-order chi connectivity index (χ1) is 15.9. The number of hydrogen-bond donors (Lipinski definition) is 4. The Labute approximate surface area is 191 Å². The number of carbonyl (C=O) groups excluding carboxylic acids is 2. The van der Waals surface area contributed by atoms with Gasteiger partial charge in [0.15, 0.2) is 0 Å². The van der Waals surface area contributed by atoms with Crippen LogP contribution in [0.1, 0.15) is 21.5 Å². The van der Waals surface area contributed by atoms with E-state index < -0.39 is 21.8 Å². The van der Waals surface area contributed by atoms with Crippen LogP contribution in [0.3, 0.4) is 0 Å². The third-order valence-corrected chi connectivity index (χ3v) is 5.90. The van der Waals surface area contributed by atoms with E-state index in [2.05, 4.69) is 20.9 Å². The number of nitrogens with zero attached hydrogens (tertiary/aromatic N) is 1. The van der Waals surface area contributed by atoms with Crippen LogP contribution in [0.25, 0.3) is 0 Å². The van der Waals surface area contributed by atoms with E-state index in [0.717, 1.165) is 5.56 Å². The van der Waals surface area contributed by atoms with Crippen molar-refractivity contribution in [3.05, 3.63) is 95.6 Å². The Morgan fingerprint density at radius 1 is 0.879 bits per heavy atom. The molecular weight excluding hydrogens is 442 g/mol. The molecule has 10 heteroatoms. The molecule has 0 bridgehead atoms. The lowest BCUT2D eigenvalue weighted by Gasteiger charge is -2.11. The van der Waals surface area contributed by atoms with Crippen molar-refractivity contribution in [3.8, 4) is 6.07 Å². The van der Waals surface area contributed by atoms with Crippen LogP contribution in [0.5, 0.6) is 0 Å². The summed E-state index contributed by atoms with van der Waals surface area (Å²) in [6.45, 7) is -0.00804. The van der Waals surface area contributed by atoms with Crippen molar-refractivity contribution in [2.75, 3.05) is 11.9 Å². The second-order valence-corrected chi connectivity index (χ2v) is 8.65. The van der Waals surface area contributed by atoms with Crippen molar-refractivity contribution in [3.63, 3.8) is 0 Å². The van der Waals surface area contributed by atoms with E-state index in [0.29, 0.717) is 11.3 Å². The number of hydrogen-bond acceptors (Lipinski definition) is 6. The van der Waals surface area contributed by atoms with Crippen molar-refractivity contribution in [1.82, 2.24) is 15.6 Å². The largest absolute Gasteiger partial charge is 0.376 e. The predicted molar refractivity (Wildman–Crippen MR) is 122 cm³/mol. The Hall–Kier alpha value is -4.20. The molecule has 0 heterocycles. The average Bonchev–Trinajstić information content (AvgIpc) is 2.86. The summed E-state index contributed by atoms with van der Waals surface area (Å²) in [7, 11) is -3.84. The van der Waals surface area contributed by atoms with Crippen molar-refractivity contribution in [1.29, 1.82) is 5.26 Å². The van der Waals surface area contributed by atoms with E-state index in [4.69, 9.17) is 5.26 Å². The van der Waals surface area contributed by atoms with Gasteiger partial charge in [0.2, 0.25) is 10.0 Å². The van der Waals surface area contributed by atoms with Crippen LogP contribution in [0, 0.1) is 11.3 Å². The zero-order valence-corrected chi connectivity index (χ0v) is 18.2. The summed E-state index contributed by atoms with van der Waals surface area (Å²) in [6.07, 6.45) is 0. The molecule has 0 spiro atoms. The lowest BCUT2D eigenvalue weighted by molar-refractivity contribution is -0.120. The average molecular weight is 464 g/mol. The minimum atomic E-state index is -3.84. The monoisotopic (exact) mass is 463 g/mol. The summed E-state index contributed by atoms with van der Waals surface area (Å²) in [4.78, 5) is 24.3. The first kappa shape index (κ1) is 23.5. The fourth-order valence-electron chi connectivity index (χ4n) is 2.75. The second-order valence-electron chi connectivity index (χ2n) is 6.88. The van der Waals surface area contributed by atoms with Gasteiger partial charge in [0.05, 0.1) is 23.1 Å². The molecule has 0 atom stereocenters. The third-order valence-electron chi connectivity index (χ3n) is 4.50. The Kier molecular flexibility index (Phi) is 7.75. The van der Waals surface area contributed by atoms with Gasteiger partial charge in [0, 0.05) is 17.8 Å². The van der Waals surface area contributed by atoms with E-state index in [1.165, 1.54) is 24.3 Å². The zero-order chi connectivity index (χ0) is 23.7. The minimum absolute atomic E-state index is 0.0675. The highest BCUT2D eigenvalue weighted by Gasteiger charge is 2.16. The summed E-state index contributed by atoms with van der Waals surface area (Å²) < 4.78 is 27.6. The fourth-order valence-corrected chi connectivity index (χ4v) is 3.81. The number of carbonyl (C=O) groups is 2. The second kappa shape index (κ2) is 10.9. The number of nitrogens with one attached hydrogen (secondary N) is 4. The van der Waals surface area contributed by atoms with Gasteiger partial charge in [-0.2, -0.15) is 5.26 Å². The van der Waals surface area contributed by atoms with Crippen LogP contribution in [-0.2, 0) is 21.4 Å².